The molecule has 1 spiro atoms. The zero-order chi connectivity index (χ0) is 42.2. The van der Waals surface area contributed by atoms with Gasteiger partial charge in [-0.15, -0.1) is 0 Å². The molecule has 302 valence electrons. The van der Waals surface area contributed by atoms with Crippen molar-refractivity contribution >= 4 is 32.6 Å². The maximum atomic E-state index is 5.21. The zero-order valence-electron chi connectivity index (χ0n) is 35.5. The van der Waals surface area contributed by atoms with Crippen LogP contribution in [0.4, 0.5) is 0 Å². The predicted molar refractivity (Wildman–Crippen MR) is 268 cm³/mol. The molecule has 1 fully saturated rings. The number of hydrogen-bond acceptors (Lipinski definition) is 1. The quantitative estimate of drug-likeness (QED) is 0.153. The minimum Gasteiger partial charge on any atom is -0.292 e. The van der Waals surface area contributed by atoms with Gasteiger partial charge in [-0.05, 0) is 150 Å². The monoisotopic (exact) mass is 816 g/mol. The molecule has 2 aliphatic rings. The summed E-state index contributed by atoms with van der Waals surface area (Å²) in [6, 6.07) is 80.7. The van der Waals surface area contributed by atoms with Gasteiger partial charge < -0.3 is 0 Å². The molecule has 0 N–H and O–H groups in total. The fraction of sp³-hybridized carbons (Fsp3) is 0.0806. The molecule has 2 aliphatic carbocycles. The van der Waals surface area contributed by atoms with E-state index in [0.717, 1.165) is 33.7 Å². The first-order chi connectivity index (χ1) is 31.7. The first-order valence-electron chi connectivity index (χ1n) is 22.7. The second-order valence-electron chi connectivity index (χ2n) is 17.8. The Morgan fingerprint density at radius 2 is 0.875 bits per heavy atom. The molecule has 0 radical (unpaired) electrons. The number of imidazole rings is 1. The lowest BCUT2D eigenvalue weighted by molar-refractivity contribution is 0.550. The Balaban J connectivity index is 1.01. The van der Waals surface area contributed by atoms with Crippen molar-refractivity contribution in [3.63, 3.8) is 0 Å². The number of aromatic nitrogens is 2. The van der Waals surface area contributed by atoms with Crippen LogP contribution in [0.5, 0.6) is 0 Å². The van der Waals surface area contributed by atoms with Crippen molar-refractivity contribution in [1.29, 1.82) is 0 Å². The van der Waals surface area contributed by atoms with Crippen LogP contribution >= 0.6 is 0 Å². The molecule has 0 atom stereocenters. The summed E-state index contributed by atoms with van der Waals surface area (Å²) >= 11 is 0. The number of para-hydroxylation sites is 3. The fourth-order valence-corrected chi connectivity index (χ4v) is 11.5. The number of hydrogen-bond donors (Lipinski definition) is 0. The van der Waals surface area contributed by atoms with E-state index in [1.54, 1.807) is 0 Å². The molecule has 1 saturated carbocycles. The van der Waals surface area contributed by atoms with Gasteiger partial charge in [0, 0.05) is 16.7 Å². The molecular formula is C62H44N2. The lowest BCUT2D eigenvalue weighted by Crippen LogP contribution is -2.20. The van der Waals surface area contributed by atoms with E-state index in [2.05, 4.69) is 223 Å². The standard InChI is InChI=1S/C62H44N2/c1-4-17-41(18-5-1)59-52-34-31-45(46-29-32-50-49-25-10-11-26-55(49)62(56(50)40-46)35-14-15-36-62)39-54(52)60(42-19-6-2-7-20-42)51-33-30-44(38-53(51)59)43-21-16-22-47(37-43)61-63-57-27-12-13-28-58(57)64(61)48-23-8-3-9-24-48/h1-13,16-34,37-40H,14-15,35-36H2. The third kappa shape index (κ3) is 5.69. The van der Waals surface area contributed by atoms with E-state index in [9.17, 15) is 0 Å². The summed E-state index contributed by atoms with van der Waals surface area (Å²) in [6.07, 6.45) is 5.02. The van der Waals surface area contributed by atoms with Crippen LogP contribution in [-0.4, -0.2) is 9.55 Å². The van der Waals surface area contributed by atoms with E-state index in [1.807, 2.05) is 0 Å². The number of rotatable bonds is 6. The Bertz CT molecular complexity index is 3590. The molecule has 11 aromatic rings. The zero-order valence-corrected chi connectivity index (χ0v) is 35.5. The van der Waals surface area contributed by atoms with E-state index >= 15 is 0 Å². The SMILES string of the molecule is c1ccc(-c2c3ccc(-c4ccc5c(c4)C4(CCCC4)c4ccccc4-5)cc3c(-c3ccccc3)c3ccc(-c4cccc(-c5nc6ccccc6n5-c5ccccc5)c4)cc23)cc1. The number of nitrogens with zero attached hydrogens (tertiary/aromatic N) is 2. The third-order valence-corrected chi connectivity index (χ3v) is 14.3. The van der Waals surface area contributed by atoms with Gasteiger partial charge in [0.15, 0.2) is 0 Å². The van der Waals surface area contributed by atoms with E-state index in [-0.39, 0.29) is 5.41 Å². The topological polar surface area (TPSA) is 17.8 Å². The summed E-state index contributed by atoms with van der Waals surface area (Å²) in [7, 11) is 0. The first kappa shape index (κ1) is 36.8. The van der Waals surface area contributed by atoms with E-state index in [1.165, 1.54) is 108 Å². The van der Waals surface area contributed by atoms with Crippen LogP contribution in [0.25, 0.3) is 105 Å². The van der Waals surface area contributed by atoms with Crippen molar-refractivity contribution in [2.45, 2.75) is 31.1 Å². The lowest BCUT2D eigenvalue weighted by atomic mass is 9.76. The van der Waals surface area contributed by atoms with Crippen LogP contribution in [0.1, 0.15) is 36.8 Å². The van der Waals surface area contributed by atoms with Crippen LogP contribution in [0, 0.1) is 0 Å². The minimum absolute atomic E-state index is 0.124. The van der Waals surface area contributed by atoms with Crippen molar-refractivity contribution in [3.05, 3.63) is 230 Å². The van der Waals surface area contributed by atoms with Crippen molar-refractivity contribution in [2.75, 3.05) is 0 Å². The summed E-state index contributed by atoms with van der Waals surface area (Å²) in [5, 5.41) is 5.01. The molecule has 10 aromatic carbocycles. The van der Waals surface area contributed by atoms with E-state index in [4.69, 9.17) is 4.98 Å². The predicted octanol–water partition coefficient (Wildman–Crippen LogP) is 16.5. The van der Waals surface area contributed by atoms with Crippen molar-refractivity contribution in [1.82, 2.24) is 9.55 Å². The number of benzene rings is 10. The van der Waals surface area contributed by atoms with E-state index in [0.29, 0.717) is 0 Å². The molecule has 0 aliphatic heterocycles. The molecule has 64 heavy (non-hydrogen) atoms. The number of fused-ring (bicyclic) bond motifs is 8. The molecule has 0 bridgehead atoms. The van der Waals surface area contributed by atoms with Gasteiger partial charge in [0.25, 0.3) is 0 Å². The fourth-order valence-electron chi connectivity index (χ4n) is 11.5. The van der Waals surface area contributed by atoms with Gasteiger partial charge in [-0.2, -0.15) is 0 Å². The van der Waals surface area contributed by atoms with Crippen molar-refractivity contribution in [2.24, 2.45) is 0 Å². The largest absolute Gasteiger partial charge is 0.292 e. The molecule has 0 saturated heterocycles. The Morgan fingerprint density at radius 3 is 1.56 bits per heavy atom. The van der Waals surface area contributed by atoms with Gasteiger partial charge in [-0.25, -0.2) is 4.98 Å². The molecule has 0 unspecified atom stereocenters. The molecule has 13 rings (SSSR count). The van der Waals surface area contributed by atoms with Crippen molar-refractivity contribution < 1.29 is 0 Å². The lowest BCUT2D eigenvalue weighted by Gasteiger charge is -2.27. The molecule has 0 amide bonds. The normalized spacial score (nSPS) is 13.8. The smallest absolute Gasteiger partial charge is 0.145 e. The maximum absolute atomic E-state index is 5.21. The second kappa shape index (κ2) is 14.6. The van der Waals surface area contributed by atoms with Gasteiger partial charge in [-0.3, -0.25) is 4.57 Å². The van der Waals surface area contributed by atoms with Crippen LogP contribution < -0.4 is 0 Å². The summed E-state index contributed by atoms with van der Waals surface area (Å²) in [4.78, 5) is 5.21. The van der Waals surface area contributed by atoms with Crippen LogP contribution in [-0.2, 0) is 5.41 Å². The average Bonchev–Trinajstić information content (AvgIpc) is 4.09. The summed E-state index contributed by atoms with van der Waals surface area (Å²) < 4.78 is 2.28. The second-order valence-corrected chi connectivity index (χ2v) is 17.8. The van der Waals surface area contributed by atoms with Crippen molar-refractivity contribution in [3.8, 4) is 72.7 Å². The van der Waals surface area contributed by atoms with Gasteiger partial charge in [-0.1, -0.05) is 183 Å². The molecule has 2 nitrogen and oxygen atoms in total. The highest BCUT2D eigenvalue weighted by Crippen LogP contribution is 2.57. The minimum atomic E-state index is 0.124. The van der Waals surface area contributed by atoms with E-state index < -0.39 is 0 Å². The van der Waals surface area contributed by atoms with Crippen LogP contribution in [0.2, 0.25) is 0 Å². The summed E-state index contributed by atoms with van der Waals surface area (Å²) in [5.41, 5.74) is 20.1. The molecule has 1 aromatic heterocycles. The molecule has 2 heteroatoms. The molecule has 1 heterocycles. The highest BCUT2D eigenvalue weighted by Gasteiger charge is 2.44. The van der Waals surface area contributed by atoms with Crippen LogP contribution in [0.15, 0.2) is 218 Å². The Hall–Kier alpha value is -7.81. The van der Waals surface area contributed by atoms with Crippen LogP contribution in [0.3, 0.4) is 0 Å². The first-order valence-corrected chi connectivity index (χ1v) is 22.7. The van der Waals surface area contributed by atoms with Gasteiger partial charge in [0.2, 0.25) is 0 Å². The summed E-state index contributed by atoms with van der Waals surface area (Å²) in [6.45, 7) is 0. The highest BCUT2D eigenvalue weighted by molar-refractivity contribution is 6.22. The third-order valence-electron chi connectivity index (χ3n) is 14.3. The Morgan fingerprint density at radius 1 is 0.359 bits per heavy atom. The molecular weight excluding hydrogens is 773 g/mol. The summed E-state index contributed by atoms with van der Waals surface area (Å²) in [5.74, 6) is 0.930. The highest BCUT2D eigenvalue weighted by atomic mass is 15.1. The Kier molecular flexibility index (Phi) is 8.42. The maximum Gasteiger partial charge on any atom is 0.145 e. The van der Waals surface area contributed by atoms with Gasteiger partial charge >= 0.3 is 0 Å². The van der Waals surface area contributed by atoms with Gasteiger partial charge in [0.05, 0.1) is 11.0 Å². The van der Waals surface area contributed by atoms with Gasteiger partial charge in [0.1, 0.15) is 5.82 Å². The Labute approximate surface area is 373 Å². The average molecular weight is 817 g/mol.